The molecule has 2 aliphatic heterocycles. The van der Waals surface area contributed by atoms with Crippen LogP contribution in [-0.2, 0) is 34.1 Å². The molecule has 11 nitrogen and oxygen atoms in total. The Balaban J connectivity index is 1.99. The summed E-state index contributed by atoms with van der Waals surface area (Å²) < 4.78 is 32.3. The van der Waals surface area contributed by atoms with Crippen LogP contribution in [0.5, 0.6) is 0 Å². The summed E-state index contributed by atoms with van der Waals surface area (Å²) in [6, 6.07) is 4.10. The maximum atomic E-state index is 12.2. The first kappa shape index (κ1) is 21.3. The number of hydrogen-bond acceptors (Lipinski definition) is 7. The summed E-state index contributed by atoms with van der Waals surface area (Å²) >= 11 is 0. The first-order valence-electron chi connectivity index (χ1n) is 8.71. The van der Waals surface area contributed by atoms with Gasteiger partial charge in [-0.2, -0.15) is 8.42 Å². The van der Waals surface area contributed by atoms with Gasteiger partial charge in [0.1, 0.15) is 0 Å². The third-order valence-corrected chi connectivity index (χ3v) is 5.93. The van der Waals surface area contributed by atoms with Crippen LogP contribution >= 0.6 is 0 Å². The SMILES string of the molecule is O=C(O)C(CC(c1ccc(N2C(=O)C=CC2=O)cc1)N1C(=O)CCC1=O)S(=O)(=O)O. The second kappa shape index (κ2) is 7.80. The van der Waals surface area contributed by atoms with Crippen molar-refractivity contribution < 1.29 is 42.0 Å². The van der Waals surface area contributed by atoms with Gasteiger partial charge in [-0.1, -0.05) is 12.1 Å². The Labute approximate surface area is 170 Å². The molecule has 158 valence electrons. The zero-order valence-electron chi connectivity index (χ0n) is 15.3. The topological polar surface area (TPSA) is 166 Å². The predicted octanol–water partition coefficient (Wildman–Crippen LogP) is 0.0372. The van der Waals surface area contributed by atoms with Crippen molar-refractivity contribution >= 4 is 45.4 Å². The number of hydrogen-bond donors (Lipinski definition) is 2. The van der Waals surface area contributed by atoms with Crippen molar-refractivity contribution in [3.63, 3.8) is 0 Å². The monoisotopic (exact) mass is 436 g/mol. The summed E-state index contributed by atoms with van der Waals surface area (Å²) in [6.07, 6.45) is 1.18. The fourth-order valence-electron chi connectivity index (χ4n) is 3.38. The molecule has 1 aromatic carbocycles. The molecule has 2 atom stereocenters. The van der Waals surface area contributed by atoms with Gasteiger partial charge in [0.15, 0.2) is 5.25 Å². The number of carbonyl (C=O) groups excluding carboxylic acids is 4. The van der Waals surface area contributed by atoms with E-state index >= 15 is 0 Å². The molecule has 3 rings (SSSR count). The van der Waals surface area contributed by atoms with Crippen LogP contribution < -0.4 is 4.90 Å². The van der Waals surface area contributed by atoms with Crippen LogP contribution in [0.4, 0.5) is 5.69 Å². The lowest BCUT2D eigenvalue weighted by atomic mass is 9.99. The molecule has 0 aliphatic carbocycles. The molecule has 4 amide bonds. The number of carboxylic acids is 1. The molecule has 1 saturated heterocycles. The first-order valence-corrected chi connectivity index (χ1v) is 10.2. The van der Waals surface area contributed by atoms with Crippen LogP contribution in [0.15, 0.2) is 36.4 Å². The van der Waals surface area contributed by atoms with Gasteiger partial charge < -0.3 is 5.11 Å². The number of benzene rings is 1. The van der Waals surface area contributed by atoms with Gasteiger partial charge in [-0.3, -0.25) is 33.4 Å². The van der Waals surface area contributed by atoms with E-state index in [1.807, 2.05) is 0 Å². The van der Waals surface area contributed by atoms with Crippen molar-refractivity contribution in [3.8, 4) is 0 Å². The van der Waals surface area contributed by atoms with Gasteiger partial charge in [0.2, 0.25) is 11.8 Å². The number of likely N-dealkylation sites (tertiary alicyclic amines) is 1. The molecule has 0 saturated carbocycles. The lowest BCUT2D eigenvalue weighted by Crippen LogP contribution is -2.39. The van der Waals surface area contributed by atoms with Crippen molar-refractivity contribution in [1.82, 2.24) is 4.90 Å². The Bertz CT molecular complexity index is 1040. The molecule has 1 aromatic rings. The van der Waals surface area contributed by atoms with Crippen LogP contribution in [0.3, 0.4) is 0 Å². The average molecular weight is 436 g/mol. The minimum Gasteiger partial charge on any atom is -0.480 e. The van der Waals surface area contributed by atoms with E-state index in [1.165, 1.54) is 24.3 Å². The Hall–Kier alpha value is -3.38. The Morgan fingerprint density at radius 2 is 1.47 bits per heavy atom. The molecule has 0 radical (unpaired) electrons. The molecule has 1 fully saturated rings. The molecule has 0 aromatic heterocycles. The third-order valence-electron chi connectivity index (χ3n) is 4.82. The maximum Gasteiger partial charge on any atom is 0.324 e. The summed E-state index contributed by atoms with van der Waals surface area (Å²) in [6.45, 7) is 0. The van der Waals surface area contributed by atoms with Gasteiger partial charge in [0.25, 0.3) is 21.9 Å². The zero-order chi connectivity index (χ0) is 22.2. The van der Waals surface area contributed by atoms with Crippen molar-refractivity contribution in [1.29, 1.82) is 0 Å². The van der Waals surface area contributed by atoms with Crippen molar-refractivity contribution in [2.45, 2.75) is 30.6 Å². The van der Waals surface area contributed by atoms with E-state index in [2.05, 4.69) is 0 Å². The number of imide groups is 2. The summed E-state index contributed by atoms with van der Waals surface area (Å²) in [7, 11) is -5.02. The van der Waals surface area contributed by atoms with Crippen LogP contribution in [0.25, 0.3) is 0 Å². The highest BCUT2D eigenvalue weighted by Gasteiger charge is 2.41. The second-order valence-electron chi connectivity index (χ2n) is 6.69. The van der Waals surface area contributed by atoms with Crippen molar-refractivity contribution in [2.75, 3.05) is 4.90 Å². The Morgan fingerprint density at radius 3 is 1.90 bits per heavy atom. The van der Waals surface area contributed by atoms with Crippen LogP contribution in [0.1, 0.15) is 30.9 Å². The third kappa shape index (κ3) is 4.00. The van der Waals surface area contributed by atoms with E-state index in [4.69, 9.17) is 0 Å². The molecule has 2 unspecified atom stereocenters. The van der Waals surface area contributed by atoms with Crippen LogP contribution in [-0.4, -0.2) is 57.8 Å². The zero-order valence-corrected chi connectivity index (χ0v) is 16.1. The van der Waals surface area contributed by atoms with E-state index in [1.54, 1.807) is 0 Å². The minimum absolute atomic E-state index is 0.112. The Kier molecular flexibility index (Phi) is 5.55. The second-order valence-corrected chi connectivity index (χ2v) is 8.29. The van der Waals surface area contributed by atoms with Gasteiger partial charge >= 0.3 is 5.97 Å². The molecule has 12 heteroatoms. The predicted molar refractivity (Wildman–Crippen MR) is 99.5 cm³/mol. The number of carbonyl (C=O) groups is 5. The van der Waals surface area contributed by atoms with Crippen LogP contribution in [0, 0.1) is 0 Å². The van der Waals surface area contributed by atoms with E-state index < -0.39 is 57.4 Å². The maximum absolute atomic E-state index is 12.2. The van der Waals surface area contributed by atoms with Gasteiger partial charge in [0.05, 0.1) is 11.7 Å². The van der Waals surface area contributed by atoms with Gasteiger partial charge in [-0.25, -0.2) is 4.90 Å². The van der Waals surface area contributed by atoms with E-state index in [9.17, 15) is 42.0 Å². The lowest BCUT2D eigenvalue weighted by molar-refractivity contribution is -0.143. The highest BCUT2D eigenvalue weighted by Crippen LogP contribution is 2.33. The van der Waals surface area contributed by atoms with Gasteiger partial charge in [0, 0.05) is 31.4 Å². The number of amides is 4. The molecule has 2 N–H and O–H groups in total. The highest BCUT2D eigenvalue weighted by atomic mass is 32.2. The molecule has 2 aliphatic rings. The largest absolute Gasteiger partial charge is 0.480 e. The first-order chi connectivity index (χ1) is 14.0. The summed E-state index contributed by atoms with van der Waals surface area (Å²) in [4.78, 5) is 61.0. The fourth-order valence-corrected chi connectivity index (χ4v) is 4.07. The van der Waals surface area contributed by atoms with Gasteiger partial charge in [-0.15, -0.1) is 0 Å². The van der Waals surface area contributed by atoms with Crippen molar-refractivity contribution in [3.05, 3.63) is 42.0 Å². The number of carboxylic acid groups (broad SMARTS) is 1. The quantitative estimate of drug-likeness (QED) is 0.443. The number of anilines is 1. The molecular formula is C18H16N2O9S. The number of nitrogens with zero attached hydrogens (tertiary/aromatic N) is 2. The summed E-state index contributed by atoms with van der Waals surface area (Å²) in [5, 5.41) is 6.94. The molecule has 2 heterocycles. The van der Waals surface area contributed by atoms with E-state index in [0.29, 0.717) is 0 Å². The number of aliphatic carboxylic acids is 1. The molecular weight excluding hydrogens is 420 g/mol. The highest BCUT2D eigenvalue weighted by molar-refractivity contribution is 7.87. The smallest absolute Gasteiger partial charge is 0.324 e. The fraction of sp³-hybridized carbons (Fsp3) is 0.278. The summed E-state index contributed by atoms with van der Waals surface area (Å²) in [5.41, 5.74) is 0.394. The molecule has 0 spiro atoms. The van der Waals surface area contributed by atoms with E-state index in [0.717, 1.165) is 22.0 Å². The molecule has 0 bridgehead atoms. The lowest BCUT2D eigenvalue weighted by Gasteiger charge is -2.28. The van der Waals surface area contributed by atoms with Crippen LogP contribution in [0.2, 0.25) is 0 Å². The minimum atomic E-state index is -5.02. The van der Waals surface area contributed by atoms with Crippen molar-refractivity contribution in [2.24, 2.45) is 0 Å². The summed E-state index contributed by atoms with van der Waals surface area (Å²) in [5.74, 6) is -4.18. The number of rotatable bonds is 7. The standard InChI is InChI=1S/C18H16N2O9S/c21-14-5-6-15(22)19(14)11-3-1-10(2-4-11)12(20-16(23)7-8-17(20)24)9-13(18(25)26)30(27,28)29/h1-6,12-13H,7-9H2,(H,25,26)(H,27,28,29). The van der Waals surface area contributed by atoms with E-state index in [-0.39, 0.29) is 24.1 Å². The molecule has 30 heavy (non-hydrogen) atoms. The Morgan fingerprint density at radius 1 is 0.967 bits per heavy atom. The average Bonchev–Trinajstić information content (AvgIpc) is 3.16. The van der Waals surface area contributed by atoms with Gasteiger partial charge in [-0.05, 0) is 17.7 Å². The normalized spacial score (nSPS) is 19.0.